The summed E-state index contributed by atoms with van der Waals surface area (Å²) >= 11 is 1.44. The number of aliphatic imine (C=N–C) groups is 1. The maximum atomic E-state index is 15.0. The number of nitrogens with zero attached hydrogens (tertiary/aromatic N) is 3. The third kappa shape index (κ3) is 3.97. The van der Waals surface area contributed by atoms with Gasteiger partial charge in [-0.2, -0.15) is 0 Å². The summed E-state index contributed by atoms with van der Waals surface area (Å²) in [5.41, 5.74) is 5.54. The lowest BCUT2D eigenvalue weighted by atomic mass is 9.70. The minimum absolute atomic E-state index is 0.123. The topological polar surface area (TPSA) is 112 Å². The Morgan fingerprint density at radius 1 is 1.35 bits per heavy atom. The minimum Gasteiger partial charge on any atom is -0.477 e. The first-order chi connectivity index (χ1) is 14.9. The Labute approximate surface area is 183 Å². The highest BCUT2D eigenvalue weighted by Gasteiger charge is 2.57. The van der Waals surface area contributed by atoms with E-state index in [9.17, 15) is 9.18 Å². The highest BCUT2D eigenvalue weighted by atomic mass is 32.2. The molecule has 0 saturated carbocycles. The molecule has 164 valence electrons. The van der Waals surface area contributed by atoms with Crippen molar-refractivity contribution >= 4 is 28.5 Å². The van der Waals surface area contributed by atoms with Gasteiger partial charge in [0.1, 0.15) is 17.1 Å². The normalized spacial score (nSPS) is 24.9. The molecular weight excluding hydrogens is 421 g/mol. The van der Waals surface area contributed by atoms with Crippen LogP contribution in [-0.4, -0.2) is 46.6 Å². The van der Waals surface area contributed by atoms with E-state index < -0.39 is 22.7 Å². The van der Waals surface area contributed by atoms with Gasteiger partial charge in [-0.3, -0.25) is 4.79 Å². The summed E-state index contributed by atoms with van der Waals surface area (Å²) < 4.78 is 26.1. The number of amides is 1. The van der Waals surface area contributed by atoms with E-state index in [-0.39, 0.29) is 12.3 Å². The van der Waals surface area contributed by atoms with E-state index in [1.165, 1.54) is 36.3 Å². The third-order valence-electron chi connectivity index (χ3n) is 5.55. The summed E-state index contributed by atoms with van der Waals surface area (Å²) in [4.78, 5) is 25.4. The van der Waals surface area contributed by atoms with E-state index in [1.807, 2.05) is 13.8 Å². The molecular formula is C21H24FN5O3S. The lowest BCUT2D eigenvalue weighted by Gasteiger charge is -2.42. The molecule has 2 aromatic rings. The molecule has 1 saturated heterocycles. The number of hydrogen-bond donors (Lipinski definition) is 2. The Morgan fingerprint density at radius 3 is 2.94 bits per heavy atom. The molecule has 1 aromatic carbocycles. The van der Waals surface area contributed by atoms with Gasteiger partial charge in [0, 0.05) is 22.4 Å². The predicted molar refractivity (Wildman–Crippen MR) is 117 cm³/mol. The molecule has 0 radical (unpaired) electrons. The number of amidine groups is 1. The fraction of sp³-hybridized carbons (Fsp3) is 0.429. The number of carbonyl (C=O) groups is 1. The van der Waals surface area contributed by atoms with E-state index in [0.717, 1.165) is 6.42 Å². The molecule has 4 rings (SSSR count). The minimum atomic E-state index is -0.939. The Balaban J connectivity index is 1.60. The zero-order valence-electron chi connectivity index (χ0n) is 17.4. The maximum absolute atomic E-state index is 15.0. The van der Waals surface area contributed by atoms with Gasteiger partial charge < -0.3 is 20.5 Å². The molecule has 0 aliphatic carbocycles. The first-order valence-corrected chi connectivity index (χ1v) is 11.0. The molecule has 10 heteroatoms. The maximum Gasteiger partial charge on any atom is 0.275 e. The summed E-state index contributed by atoms with van der Waals surface area (Å²) in [6, 6.07) is 4.41. The largest absolute Gasteiger partial charge is 0.477 e. The van der Waals surface area contributed by atoms with Crippen molar-refractivity contribution in [3.63, 3.8) is 0 Å². The summed E-state index contributed by atoms with van der Waals surface area (Å²) in [7, 11) is 0. The van der Waals surface area contributed by atoms with E-state index in [0.29, 0.717) is 41.3 Å². The van der Waals surface area contributed by atoms with Crippen molar-refractivity contribution < 1.29 is 18.7 Å². The van der Waals surface area contributed by atoms with Crippen LogP contribution in [0.2, 0.25) is 0 Å². The number of thioether (sulfide) groups is 1. The summed E-state index contributed by atoms with van der Waals surface area (Å²) in [6.45, 7) is 5.20. The number of aromatic nitrogens is 2. The third-order valence-corrected chi connectivity index (χ3v) is 6.72. The van der Waals surface area contributed by atoms with Crippen LogP contribution >= 0.6 is 11.8 Å². The van der Waals surface area contributed by atoms with Crippen molar-refractivity contribution in [2.45, 2.75) is 25.8 Å². The average Bonchev–Trinajstić information content (AvgIpc) is 3.11. The lowest BCUT2D eigenvalue weighted by Crippen LogP contribution is -2.48. The lowest BCUT2D eigenvalue weighted by molar-refractivity contribution is 0.102. The number of anilines is 1. The molecule has 2 aliphatic rings. The fourth-order valence-corrected chi connectivity index (χ4v) is 4.80. The second kappa shape index (κ2) is 8.43. The van der Waals surface area contributed by atoms with Crippen molar-refractivity contribution in [2.75, 3.05) is 30.9 Å². The molecule has 8 nitrogen and oxygen atoms in total. The number of fused-ring (bicyclic) bond motifs is 1. The molecule has 1 fully saturated rings. The van der Waals surface area contributed by atoms with Gasteiger partial charge in [-0.15, -0.1) is 0 Å². The number of hydrogen-bond acceptors (Lipinski definition) is 8. The van der Waals surface area contributed by atoms with E-state index >= 15 is 0 Å². The molecule has 1 amide bonds. The van der Waals surface area contributed by atoms with Crippen molar-refractivity contribution in [3.05, 3.63) is 47.7 Å². The van der Waals surface area contributed by atoms with Crippen LogP contribution in [0.15, 0.2) is 35.6 Å². The quantitative estimate of drug-likeness (QED) is 0.703. The second-order valence-electron chi connectivity index (χ2n) is 7.89. The van der Waals surface area contributed by atoms with Crippen LogP contribution < -0.4 is 15.8 Å². The van der Waals surface area contributed by atoms with Crippen LogP contribution in [-0.2, 0) is 10.3 Å². The van der Waals surface area contributed by atoms with Crippen molar-refractivity contribution in [1.82, 2.24) is 9.97 Å². The number of rotatable bonds is 6. The average molecular weight is 446 g/mol. The number of benzene rings is 1. The van der Waals surface area contributed by atoms with Crippen LogP contribution in [0.3, 0.4) is 0 Å². The van der Waals surface area contributed by atoms with Gasteiger partial charge in [0.05, 0.1) is 32.2 Å². The smallest absolute Gasteiger partial charge is 0.275 e. The zero-order chi connectivity index (χ0) is 22.1. The Kier molecular flexibility index (Phi) is 5.85. The van der Waals surface area contributed by atoms with Crippen LogP contribution in [0, 0.1) is 11.2 Å². The van der Waals surface area contributed by atoms with Crippen LogP contribution in [0.1, 0.15) is 36.3 Å². The second-order valence-corrected chi connectivity index (χ2v) is 8.89. The number of ether oxygens (including phenoxy) is 2. The summed E-state index contributed by atoms with van der Waals surface area (Å²) in [6.07, 6.45) is 3.59. The monoisotopic (exact) mass is 445 g/mol. The van der Waals surface area contributed by atoms with Gasteiger partial charge in [-0.1, -0.05) is 25.6 Å². The van der Waals surface area contributed by atoms with Gasteiger partial charge >= 0.3 is 0 Å². The number of nitrogens with one attached hydrogen (secondary N) is 1. The molecule has 0 spiro atoms. The molecule has 2 aliphatic heterocycles. The fourth-order valence-electron chi connectivity index (χ4n) is 3.79. The molecule has 0 bridgehead atoms. The first-order valence-electron chi connectivity index (χ1n) is 9.99. The Hall–Kier alpha value is -2.72. The van der Waals surface area contributed by atoms with Crippen molar-refractivity contribution in [2.24, 2.45) is 16.1 Å². The molecule has 1 aromatic heterocycles. The first kappa shape index (κ1) is 21.5. The van der Waals surface area contributed by atoms with Gasteiger partial charge in [0.15, 0.2) is 5.17 Å². The van der Waals surface area contributed by atoms with Crippen molar-refractivity contribution in [3.8, 4) is 5.88 Å². The Morgan fingerprint density at radius 2 is 2.19 bits per heavy atom. The standard InChI is InChI=1S/C21H24FN5O3S/c1-3-6-30-17-9-24-16(8-25-17)18(28)26-13-4-5-15(22)14(7-13)21-11-29-10-20(21,2)12-31-19(23)27-21/h4-5,7-9H,3,6,10-12H2,1-2H3,(H2,23,27)(H,26,28). The van der Waals surface area contributed by atoms with E-state index in [4.69, 9.17) is 15.2 Å². The van der Waals surface area contributed by atoms with Crippen LogP contribution in [0.4, 0.5) is 10.1 Å². The van der Waals surface area contributed by atoms with Crippen LogP contribution in [0.5, 0.6) is 5.88 Å². The highest BCUT2D eigenvalue weighted by molar-refractivity contribution is 8.13. The molecule has 31 heavy (non-hydrogen) atoms. The summed E-state index contributed by atoms with van der Waals surface area (Å²) in [5, 5.41) is 3.15. The van der Waals surface area contributed by atoms with Crippen molar-refractivity contribution in [1.29, 1.82) is 0 Å². The van der Waals surface area contributed by atoms with E-state index in [2.05, 4.69) is 20.3 Å². The molecule has 3 heterocycles. The highest BCUT2D eigenvalue weighted by Crippen LogP contribution is 2.53. The number of nitrogens with two attached hydrogens (primary N) is 1. The predicted octanol–water partition coefficient (Wildman–Crippen LogP) is 2.95. The zero-order valence-corrected chi connectivity index (χ0v) is 18.2. The summed E-state index contributed by atoms with van der Waals surface area (Å²) in [5.74, 6) is 0.140. The number of carbonyl (C=O) groups excluding carboxylic acids is 1. The van der Waals surface area contributed by atoms with Gasteiger partial charge in [0.2, 0.25) is 5.88 Å². The number of halogens is 1. The molecule has 2 unspecified atom stereocenters. The SMILES string of the molecule is CCCOc1cnc(C(=O)Nc2ccc(F)c(C34COCC3(C)CSC(N)=N4)c2)cn1. The Bertz CT molecular complexity index is 1020. The molecule has 3 N–H and O–H groups in total. The van der Waals surface area contributed by atoms with Gasteiger partial charge in [0.25, 0.3) is 5.91 Å². The van der Waals surface area contributed by atoms with Crippen LogP contribution in [0.25, 0.3) is 0 Å². The van der Waals surface area contributed by atoms with Gasteiger partial charge in [-0.25, -0.2) is 19.4 Å². The van der Waals surface area contributed by atoms with E-state index in [1.54, 1.807) is 6.07 Å². The van der Waals surface area contributed by atoms with Gasteiger partial charge in [-0.05, 0) is 24.6 Å². The molecule has 2 atom stereocenters.